The second-order valence-electron chi connectivity index (χ2n) is 8.10. The highest BCUT2D eigenvalue weighted by Gasteiger charge is 2.17. The number of nitrogens with one attached hydrogen (secondary N) is 1. The summed E-state index contributed by atoms with van der Waals surface area (Å²) in [6.45, 7) is 9.95. The lowest BCUT2D eigenvalue weighted by Gasteiger charge is -2.36. The van der Waals surface area contributed by atoms with Crippen LogP contribution in [0.2, 0.25) is 0 Å². The van der Waals surface area contributed by atoms with Crippen molar-refractivity contribution in [2.24, 2.45) is 0 Å². The molecule has 0 saturated carbocycles. The van der Waals surface area contributed by atoms with Gasteiger partial charge in [-0.2, -0.15) is 10.1 Å². The molecule has 1 aliphatic rings. The summed E-state index contributed by atoms with van der Waals surface area (Å²) in [6.07, 6.45) is 3.60. The zero-order valence-corrected chi connectivity index (χ0v) is 18.4. The molecule has 0 radical (unpaired) electrons. The number of hydrogen-bond donors (Lipinski definition) is 1. The summed E-state index contributed by atoms with van der Waals surface area (Å²) in [5, 5.41) is 7.28. The molecule has 164 valence electrons. The molecule has 1 aromatic carbocycles. The minimum Gasteiger partial charge on any atom is -0.369 e. The number of anilines is 1. The number of rotatable bonds is 8. The maximum atomic E-state index is 12.3. The average Bonchev–Trinajstić information content (AvgIpc) is 3.26. The second-order valence-corrected chi connectivity index (χ2v) is 8.10. The molecule has 3 aromatic rings. The van der Waals surface area contributed by atoms with E-state index in [1.54, 1.807) is 4.52 Å². The van der Waals surface area contributed by atoms with Gasteiger partial charge in [-0.05, 0) is 50.9 Å². The van der Waals surface area contributed by atoms with Gasteiger partial charge in [-0.1, -0.05) is 18.2 Å². The van der Waals surface area contributed by atoms with Crippen molar-refractivity contribution in [2.75, 3.05) is 44.2 Å². The van der Waals surface area contributed by atoms with Gasteiger partial charge in [0.1, 0.15) is 6.33 Å². The minimum atomic E-state index is 0.0892. The number of benzene rings is 1. The molecule has 3 heterocycles. The SMILES string of the molecule is Cc1nc2ncnn2c(C)c1CCC(=O)NCCCN1CCN(c2ccccc2)CC1. The fraction of sp³-hybridized carbons (Fsp3) is 0.478. The Bertz CT molecular complexity index is 1010. The molecule has 1 N–H and O–H groups in total. The van der Waals surface area contributed by atoms with E-state index in [1.807, 2.05) is 13.8 Å². The molecule has 4 rings (SSSR count). The number of nitrogens with zero attached hydrogens (tertiary/aromatic N) is 6. The number of hydrogen-bond acceptors (Lipinski definition) is 6. The van der Waals surface area contributed by atoms with Crippen molar-refractivity contribution in [3.63, 3.8) is 0 Å². The van der Waals surface area contributed by atoms with E-state index in [4.69, 9.17) is 0 Å². The molecule has 1 saturated heterocycles. The van der Waals surface area contributed by atoms with Crippen molar-refractivity contribution in [1.82, 2.24) is 29.8 Å². The largest absolute Gasteiger partial charge is 0.369 e. The van der Waals surface area contributed by atoms with E-state index in [-0.39, 0.29) is 5.91 Å². The topological polar surface area (TPSA) is 78.7 Å². The quantitative estimate of drug-likeness (QED) is 0.561. The molecule has 1 amide bonds. The number of carbonyl (C=O) groups is 1. The molecule has 8 heteroatoms. The predicted octanol–water partition coefficient (Wildman–Crippen LogP) is 2.00. The van der Waals surface area contributed by atoms with Crippen molar-refractivity contribution in [1.29, 1.82) is 0 Å². The Morgan fingerprint density at radius 3 is 2.65 bits per heavy atom. The third-order valence-corrected chi connectivity index (χ3v) is 6.06. The van der Waals surface area contributed by atoms with Crippen LogP contribution >= 0.6 is 0 Å². The molecule has 0 spiro atoms. The highest BCUT2D eigenvalue weighted by Crippen LogP contribution is 2.16. The number of aryl methyl sites for hydroxylation is 2. The van der Waals surface area contributed by atoms with E-state index in [9.17, 15) is 4.79 Å². The van der Waals surface area contributed by atoms with E-state index in [0.717, 1.165) is 62.6 Å². The Balaban J connectivity index is 1.15. The Morgan fingerprint density at radius 1 is 1.10 bits per heavy atom. The van der Waals surface area contributed by atoms with Gasteiger partial charge in [-0.15, -0.1) is 0 Å². The summed E-state index contributed by atoms with van der Waals surface area (Å²) in [5.74, 6) is 0.694. The number of para-hydroxylation sites is 1. The number of aromatic nitrogens is 4. The Morgan fingerprint density at radius 2 is 1.87 bits per heavy atom. The zero-order chi connectivity index (χ0) is 21.6. The van der Waals surface area contributed by atoms with E-state index in [2.05, 4.69) is 60.5 Å². The van der Waals surface area contributed by atoms with Crippen molar-refractivity contribution in [3.05, 3.63) is 53.6 Å². The van der Waals surface area contributed by atoms with Crippen LogP contribution in [0.15, 0.2) is 36.7 Å². The van der Waals surface area contributed by atoms with Gasteiger partial charge in [0.25, 0.3) is 5.78 Å². The highest BCUT2D eigenvalue weighted by atomic mass is 16.1. The first-order chi connectivity index (χ1) is 15.1. The number of piperazine rings is 1. The molecule has 2 aromatic heterocycles. The molecule has 0 bridgehead atoms. The molecule has 1 aliphatic heterocycles. The van der Waals surface area contributed by atoms with Gasteiger partial charge in [0, 0.05) is 56.2 Å². The summed E-state index contributed by atoms with van der Waals surface area (Å²) in [7, 11) is 0. The minimum absolute atomic E-state index is 0.0892. The molecular formula is C23H31N7O. The second kappa shape index (κ2) is 9.87. The van der Waals surface area contributed by atoms with E-state index >= 15 is 0 Å². The zero-order valence-electron chi connectivity index (χ0n) is 18.4. The maximum Gasteiger partial charge on any atom is 0.252 e. The van der Waals surface area contributed by atoms with Gasteiger partial charge in [-0.25, -0.2) is 9.50 Å². The van der Waals surface area contributed by atoms with Crippen LogP contribution in [-0.4, -0.2) is 69.7 Å². The number of amides is 1. The lowest BCUT2D eigenvalue weighted by atomic mass is 10.1. The van der Waals surface area contributed by atoms with Gasteiger partial charge in [-0.3, -0.25) is 9.69 Å². The Kier molecular flexibility index (Phi) is 6.76. The number of fused-ring (bicyclic) bond motifs is 1. The molecule has 8 nitrogen and oxygen atoms in total. The molecular weight excluding hydrogens is 390 g/mol. The van der Waals surface area contributed by atoms with Crippen LogP contribution in [0.1, 0.15) is 29.8 Å². The third kappa shape index (κ3) is 5.19. The predicted molar refractivity (Wildman–Crippen MR) is 121 cm³/mol. The average molecular weight is 422 g/mol. The van der Waals surface area contributed by atoms with Gasteiger partial charge >= 0.3 is 0 Å². The first-order valence-corrected chi connectivity index (χ1v) is 11.1. The van der Waals surface area contributed by atoms with Crippen LogP contribution in [0.4, 0.5) is 5.69 Å². The van der Waals surface area contributed by atoms with Crippen LogP contribution in [-0.2, 0) is 11.2 Å². The van der Waals surface area contributed by atoms with Crippen LogP contribution in [0, 0.1) is 13.8 Å². The molecule has 0 unspecified atom stereocenters. The van der Waals surface area contributed by atoms with Gasteiger partial charge in [0.05, 0.1) is 0 Å². The lowest BCUT2D eigenvalue weighted by Crippen LogP contribution is -2.47. The van der Waals surface area contributed by atoms with Crippen molar-refractivity contribution in [2.45, 2.75) is 33.1 Å². The van der Waals surface area contributed by atoms with E-state index < -0.39 is 0 Å². The van der Waals surface area contributed by atoms with Gasteiger partial charge < -0.3 is 10.2 Å². The maximum absolute atomic E-state index is 12.3. The molecule has 31 heavy (non-hydrogen) atoms. The highest BCUT2D eigenvalue weighted by molar-refractivity contribution is 5.76. The van der Waals surface area contributed by atoms with Crippen LogP contribution in [0.25, 0.3) is 5.78 Å². The first-order valence-electron chi connectivity index (χ1n) is 11.1. The monoisotopic (exact) mass is 421 g/mol. The normalized spacial score (nSPS) is 14.8. The van der Waals surface area contributed by atoms with E-state index in [1.165, 1.54) is 12.0 Å². The van der Waals surface area contributed by atoms with Crippen LogP contribution < -0.4 is 10.2 Å². The first kappa shape index (κ1) is 21.2. The Hall–Kier alpha value is -3.00. The van der Waals surface area contributed by atoms with Crippen LogP contribution in [0.3, 0.4) is 0 Å². The fourth-order valence-corrected chi connectivity index (χ4v) is 4.24. The smallest absolute Gasteiger partial charge is 0.252 e. The Labute approximate surface area is 183 Å². The molecule has 0 aliphatic carbocycles. The lowest BCUT2D eigenvalue weighted by molar-refractivity contribution is -0.121. The summed E-state index contributed by atoms with van der Waals surface area (Å²) in [6, 6.07) is 10.6. The van der Waals surface area contributed by atoms with Gasteiger partial charge in [0.2, 0.25) is 5.91 Å². The summed E-state index contributed by atoms with van der Waals surface area (Å²) >= 11 is 0. The van der Waals surface area contributed by atoms with E-state index in [0.29, 0.717) is 18.6 Å². The van der Waals surface area contributed by atoms with Crippen molar-refractivity contribution in [3.8, 4) is 0 Å². The molecule has 1 fully saturated rings. The summed E-state index contributed by atoms with van der Waals surface area (Å²) in [5.41, 5.74) is 4.30. The number of carbonyl (C=O) groups excluding carboxylic acids is 1. The summed E-state index contributed by atoms with van der Waals surface area (Å²) < 4.78 is 1.73. The fourth-order valence-electron chi connectivity index (χ4n) is 4.24. The standard InChI is InChI=1S/C23H31N7O/c1-18-21(19(2)30-23(27-18)25-17-26-30)9-10-22(31)24-11-6-12-28-13-15-29(16-14-28)20-7-4-3-5-8-20/h3-5,7-8,17H,6,9-16H2,1-2H3,(H,24,31). The van der Waals surface area contributed by atoms with Gasteiger partial charge in [0.15, 0.2) is 0 Å². The van der Waals surface area contributed by atoms with Crippen molar-refractivity contribution >= 4 is 17.4 Å². The molecule has 0 atom stereocenters. The van der Waals surface area contributed by atoms with Crippen molar-refractivity contribution < 1.29 is 4.79 Å². The summed E-state index contributed by atoms with van der Waals surface area (Å²) in [4.78, 5) is 25.9. The van der Waals surface area contributed by atoms with Crippen LogP contribution in [0.5, 0.6) is 0 Å². The third-order valence-electron chi connectivity index (χ3n) is 6.06.